The van der Waals surface area contributed by atoms with Crippen LogP contribution < -0.4 is 20.7 Å². The number of nitrogens with two attached hydrogens (primary N) is 1. The maximum atomic E-state index is 5.66. The summed E-state index contributed by atoms with van der Waals surface area (Å²) < 4.78 is 10.6. The Bertz CT molecular complexity index is 388. The summed E-state index contributed by atoms with van der Waals surface area (Å²) in [6.07, 6.45) is 1.16. The van der Waals surface area contributed by atoms with Crippen molar-refractivity contribution in [1.29, 1.82) is 0 Å². The third-order valence-corrected chi connectivity index (χ3v) is 4.56. The number of hydrogen-bond acceptors (Lipinski definition) is 5. The number of hydrazine groups is 1. The average molecular weight is 284 g/mol. The van der Waals surface area contributed by atoms with Gasteiger partial charge < -0.3 is 9.47 Å². The van der Waals surface area contributed by atoms with Crippen molar-refractivity contribution >= 4 is 11.8 Å². The van der Waals surface area contributed by atoms with Crippen LogP contribution in [0.25, 0.3) is 0 Å². The van der Waals surface area contributed by atoms with Crippen molar-refractivity contribution in [2.75, 3.05) is 20.0 Å². The third kappa shape index (κ3) is 4.60. The van der Waals surface area contributed by atoms with E-state index in [1.807, 2.05) is 30.0 Å². The summed E-state index contributed by atoms with van der Waals surface area (Å²) in [4.78, 5) is 0. The molecule has 2 atom stereocenters. The van der Waals surface area contributed by atoms with Crippen molar-refractivity contribution < 1.29 is 9.47 Å². The van der Waals surface area contributed by atoms with Gasteiger partial charge >= 0.3 is 0 Å². The minimum absolute atomic E-state index is 0.110. The molecule has 1 aromatic rings. The molecule has 108 valence electrons. The minimum atomic E-state index is 0.110. The molecule has 0 amide bonds. The Kier molecular flexibility index (Phi) is 7.05. The van der Waals surface area contributed by atoms with Gasteiger partial charge in [-0.2, -0.15) is 11.8 Å². The number of rotatable bonds is 8. The topological polar surface area (TPSA) is 56.5 Å². The lowest BCUT2D eigenvalue weighted by Crippen LogP contribution is -2.30. The molecular weight excluding hydrogens is 260 g/mol. The number of nitrogens with one attached hydrogen (secondary N) is 1. The van der Waals surface area contributed by atoms with Crippen molar-refractivity contribution in [3.63, 3.8) is 0 Å². The Morgan fingerprint density at radius 3 is 2.47 bits per heavy atom. The molecule has 3 N–H and O–H groups in total. The third-order valence-electron chi connectivity index (χ3n) is 3.13. The summed E-state index contributed by atoms with van der Waals surface area (Å²) in [5.41, 5.74) is 3.98. The van der Waals surface area contributed by atoms with E-state index in [9.17, 15) is 0 Å². The second-order valence-electron chi connectivity index (χ2n) is 4.39. The molecule has 0 aliphatic carbocycles. The molecule has 0 aliphatic heterocycles. The molecule has 0 aromatic heterocycles. The lowest BCUT2D eigenvalue weighted by atomic mass is 10.1. The molecule has 0 saturated carbocycles. The van der Waals surface area contributed by atoms with Crippen LogP contribution in [0.1, 0.15) is 31.9 Å². The molecule has 0 spiro atoms. The van der Waals surface area contributed by atoms with Crippen LogP contribution in [0, 0.1) is 0 Å². The van der Waals surface area contributed by atoms with Crippen molar-refractivity contribution in [2.45, 2.75) is 31.6 Å². The Morgan fingerprint density at radius 2 is 1.95 bits per heavy atom. The summed E-state index contributed by atoms with van der Waals surface area (Å²) in [6, 6.07) is 6.01. The van der Waals surface area contributed by atoms with E-state index in [0.29, 0.717) is 5.25 Å². The standard InChI is InChI=1S/C14H24N2O2S/c1-5-10(2)19-9-12(16-15)11-6-7-13(17-3)14(8-11)18-4/h6-8,10,12,16H,5,9,15H2,1-4H3. The second kappa shape index (κ2) is 8.30. The van der Waals surface area contributed by atoms with Gasteiger partial charge in [0.15, 0.2) is 11.5 Å². The van der Waals surface area contributed by atoms with Crippen LogP contribution in [0.3, 0.4) is 0 Å². The van der Waals surface area contributed by atoms with Gasteiger partial charge in [-0.3, -0.25) is 11.3 Å². The predicted molar refractivity (Wildman–Crippen MR) is 81.8 cm³/mol. The van der Waals surface area contributed by atoms with Crippen molar-refractivity contribution in [3.05, 3.63) is 23.8 Å². The van der Waals surface area contributed by atoms with Crippen LogP contribution >= 0.6 is 11.8 Å². The van der Waals surface area contributed by atoms with E-state index in [0.717, 1.165) is 29.2 Å². The maximum Gasteiger partial charge on any atom is 0.161 e. The fourth-order valence-corrected chi connectivity index (χ4v) is 2.73. The molecule has 0 fully saturated rings. The largest absolute Gasteiger partial charge is 0.493 e. The van der Waals surface area contributed by atoms with Crippen LogP contribution in [0.4, 0.5) is 0 Å². The Hall–Kier alpha value is -0.910. The Morgan fingerprint density at radius 1 is 1.26 bits per heavy atom. The molecule has 0 bridgehead atoms. The van der Waals surface area contributed by atoms with E-state index in [4.69, 9.17) is 15.3 Å². The zero-order valence-corrected chi connectivity index (χ0v) is 12.9. The molecule has 0 saturated heterocycles. The van der Waals surface area contributed by atoms with Crippen LogP contribution in [0.5, 0.6) is 11.5 Å². The Labute approximate surface area is 120 Å². The van der Waals surface area contributed by atoms with Crippen molar-refractivity contribution in [3.8, 4) is 11.5 Å². The van der Waals surface area contributed by atoms with E-state index in [1.165, 1.54) is 0 Å². The summed E-state index contributed by atoms with van der Waals surface area (Å²) in [5, 5.41) is 0.635. The Balaban J connectivity index is 2.80. The van der Waals surface area contributed by atoms with Gasteiger partial charge in [-0.15, -0.1) is 0 Å². The first-order valence-corrected chi connectivity index (χ1v) is 7.50. The smallest absolute Gasteiger partial charge is 0.161 e. The quantitative estimate of drug-likeness (QED) is 0.568. The zero-order valence-electron chi connectivity index (χ0n) is 12.1. The fraction of sp³-hybridized carbons (Fsp3) is 0.571. The fourth-order valence-electron chi connectivity index (χ4n) is 1.69. The number of benzene rings is 1. The van der Waals surface area contributed by atoms with E-state index in [-0.39, 0.29) is 6.04 Å². The molecule has 0 aliphatic rings. The molecule has 4 nitrogen and oxygen atoms in total. The van der Waals surface area contributed by atoms with Gasteiger partial charge in [-0.05, 0) is 24.1 Å². The molecule has 1 aromatic carbocycles. The maximum absolute atomic E-state index is 5.66. The summed E-state index contributed by atoms with van der Waals surface area (Å²) in [5.74, 6) is 8.05. The highest BCUT2D eigenvalue weighted by Gasteiger charge is 2.14. The molecule has 0 heterocycles. The van der Waals surface area contributed by atoms with Crippen LogP contribution in [-0.2, 0) is 0 Å². The molecule has 19 heavy (non-hydrogen) atoms. The van der Waals surface area contributed by atoms with Gasteiger partial charge in [0.05, 0.1) is 20.3 Å². The van der Waals surface area contributed by atoms with Gasteiger partial charge in [0.1, 0.15) is 0 Å². The molecule has 0 radical (unpaired) electrons. The highest BCUT2D eigenvalue weighted by Crippen LogP contribution is 2.31. The summed E-state index contributed by atoms with van der Waals surface area (Å²) >= 11 is 1.91. The first-order chi connectivity index (χ1) is 9.15. The first kappa shape index (κ1) is 16.1. The van der Waals surface area contributed by atoms with Crippen molar-refractivity contribution in [1.82, 2.24) is 5.43 Å². The van der Waals surface area contributed by atoms with Gasteiger partial charge in [0, 0.05) is 11.0 Å². The number of thioether (sulfide) groups is 1. The first-order valence-electron chi connectivity index (χ1n) is 6.45. The molecular formula is C14H24N2O2S. The van der Waals surface area contributed by atoms with E-state index in [1.54, 1.807) is 14.2 Å². The molecule has 1 rings (SSSR count). The summed E-state index contributed by atoms with van der Waals surface area (Å²) in [7, 11) is 3.27. The predicted octanol–water partition coefficient (Wildman–Crippen LogP) is 2.74. The highest BCUT2D eigenvalue weighted by atomic mass is 32.2. The van der Waals surface area contributed by atoms with Crippen LogP contribution in [0.15, 0.2) is 18.2 Å². The number of methoxy groups -OCH3 is 2. The summed E-state index contributed by atoms with van der Waals surface area (Å²) in [6.45, 7) is 4.42. The van der Waals surface area contributed by atoms with Crippen LogP contribution in [0.2, 0.25) is 0 Å². The van der Waals surface area contributed by atoms with Gasteiger partial charge in [0.25, 0.3) is 0 Å². The van der Waals surface area contributed by atoms with Gasteiger partial charge in [0.2, 0.25) is 0 Å². The molecule has 5 heteroatoms. The zero-order chi connectivity index (χ0) is 14.3. The number of ether oxygens (including phenoxy) is 2. The van der Waals surface area contributed by atoms with Gasteiger partial charge in [-0.25, -0.2) is 0 Å². The molecule has 2 unspecified atom stereocenters. The highest BCUT2D eigenvalue weighted by molar-refractivity contribution is 7.99. The average Bonchev–Trinajstić information content (AvgIpc) is 2.47. The monoisotopic (exact) mass is 284 g/mol. The minimum Gasteiger partial charge on any atom is -0.493 e. The SMILES string of the molecule is CCC(C)SCC(NN)c1ccc(OC)c(OC)c1. The van der Waals surface area contributed by atoms with Crippen LogP contribution in [-0.4, -0.2) is 25.2 Å². The normalized spacial score (nSPS) is 13.9. The van der Waals surface area contributed by atoms with E-state index in [2.05, 4.69) is 19.3 Å². The second-order valence-corrected chi connectivity index (χ2v) is 5.86. The lowest BCUT2D eigenvalue weighted by molar-refractivity contribution is 0.354. The van der Waals surface area contributed by atoms with E-state index < -0.39 is 0 Å². The lowest BCUT2D eigenvalue weighted by Gasteiger charge is -2.19. The van der Waals surface area contributed by atoms with Crippen molar-refractivity contribution in [2.24, 2.45) is 5.84 Å². The van der Waals surface area contributed by atoms with E-state index >= 15 is 0 Å². The van der Waals surface area contributed by atoms with Gasteiger partial charge in [-0.1, -0.05) is 19.9 Å². The number of hydrogen-bond donors (Lipinski definition) is 2.